The van der Waals surface area contributed by atoms with E-state index in [0.717, 1.165) is 6.54 Å². The van der Waals surface area contributed by atoms with Crippen molar-refractivity contribution >= 4 is 5.69 Å². The third-order valence-electron chi connectivity index (χ3n) is 3.68. The zero-order valence-electron chi connectivity index (χ0n) is 12.5. The first-order valence-corrected chi connectivity index (χ1v) is 7.16. The first-order valence-electron chi connectivity index (χ1n) is 7.16. The Morgan fingerprint density at radius 2 is 1.72 bits per heavy atom. The Balaban J connectivity index is 2.70. The van der Waals surface area contributed by atoms with Gasteiger partial charge < -0.3 is 10.2 Å². The standard InChI is InChI=1S/C16H28N2/c1-6-8-13(3)18(5)16-11-9-15(10-12-16)14(4)17-7-2/h9-14,17H,6-8H2,1-5H3. The van der Waals surface area contributed by atoms with Crippen LogP contribution in [0.5, 0.6) is 0 Å². The second kappa shape index (κ2) is 7.42. The second-order valence-electron chi connectivity index (χ2n) is 5.12. The van der Waals surface area contributed by atoms with Crippen molar-refractivity contribution in [3.8, 4) is 0 Å². The predicted molar refractivity (Wildman–Crippen MR) is 81.3 cm³/mol. The van der Waals surface area contributed by atoms with Crippen molar-refractivity contribution in [3.63, 3.8) is 0 Å². The summed E-state index contributed by atoms with van der Waals surface area (Å²) in [4.78, 5) is 2.37. The monoisotopic (exact) mass is 248 g/mol. The van der Waals surface area contributed by atoms with Gasteiger partial charge in [-0.15, -0.1) is 0 Å². The second-order valence-corrected chi connectivity index (χ2v) is 5.12. The smallest absolute Gasteiger partial charge is 0.0366 e. The number of rotatable bonds is 7. The summed E-state index contributed by atoms with van der Waals surface area (Å²) in [6.45, 7) is 9.90. The molecule has 0 saturated heterocycles. The lowest BCUT2D eigenvalue weighted by Crippen LogP contribution is -2.28. The number of hydrogen-bond donors (Lipinski definition) is 1. The van der Waals surface area contributed by atoms with Gasteiger partial charge in [-0.1, -0.05) is 32.4 Å². The molecular formula is C16H28N2. The fourth-order valence-electron chi connectivity index (χ4n) is 2.29. The summed E-state index contributed by atoms with van der Waals surface area (Å²) in [6.07, 6.45) is 2.48. The van der Waals surface area contributed by atoms with Crippen LogP contribution in [0.3, 0.4) is 0 Å². The van der Waals surface area contributed by atoms with Gasteiger partial charge in [0.2, 0.25) is 0 Å². The van der Waals surface area contributed by atoms with E-state index in [1.54, 1.807) is 0 Å². The summed E-state index contributed by atoms with van der Waals surface area (Å²) in [5, 5.41) is 3.44. The Morgan fingerprint density at radius 1 is 1.11 bits per heavy atom. The largest absolute Gasteiger partial charge is 0.372 e. The van der Waals surface area contributed by atoms with Crippen LogP contribution in [0.25, 0.3) is 0 Å². The Morgan fingerprint density at radius 3 is 2.22 bits per heavy atom. The van der Waals surface area contributed by atoms with E-state index in [2.05, 4.69) is 69.2 Å². The molecule has 0 amide bonds. The topological polar surface area (TPSA) is 15.3 Å². The highest BCUT2D eigenvalue weighted by molar-refractivity contribution is 5.48. The summed E-state index contributed by atoms with van der Waals surface area (Å²) in [7, 11) is 2.18. The van der Waals surface area contributed by atoms with E-state index < -0.39 is 0 Å². The van der Waals surface area contributed by atoms with Crippen LogP contribution in [0.1, 0.15) is 52.1 Å². The van der Waals surface area contributed by atoms with Gasteiger partial charge >= 0.3 is 0 Å². The summed E-state index contributed by atoms with van der Waals surface area (Å²) in [5.74, 6) is 0. The summed E-state index contributed by atoms with van der Waals surface area (Å²) >= 11 is 0. The average molecular weight is 248 g/mol. The SMILES string of the molecule is CCCC(C)N(C)c1ccc(C(C)NCC)cc1. The van der Waals surface area contributed by atoms with Crippen LogP contribution >= 0.6 is 0 Å². The molecule has 2 nitrogen and oxygen atoms in total. The van der Waals surface area contributed by atoms with E-state index in [1.165, 1.54) is 24.1 Å². The maximum absolute atomic E-state index is 3.44. The lowest BCUT2D eigenvalue weighted by atomic mass is 10.1. The molecule has 0 radical (unpaired) electrons. The first-order chi connectivity index (χ1) is 8.60. The number of nitrogens with zero attached hydrogens (tertiary/aromatic N) is 1. The van der Waals surface area contributed by atoms with E-state index in [-0.39, 0.29) is 0 Å². The van der Waals surface area contributed by atoms with Gasteiger partial charge in [0, 0.05) is 24.8 Å². The Kier molecular flexibility index (Phi) is 6.20. The van der Waals surface area contributed by atoms with Gasteiger partial charge in [-0.05, 0) is 44.5 Å². The number of hydrogen-bond acceptors (Lipinski definition) is 2. The van der Waals surface area contributed by atoms with Crippen molar-refractivity contribution in [3.05, 3.63) is 29.8 Å². The lowest BCUT2D eigenvalue weighted by Gasteiger charge is -2.27. The average Bonchev–Trinajstić information content (AvgIpc) is 2.38. The zero-order chi connectivity index (χ0) is 13.5. The molecule has 0 fully saturated rings. The minimum atomic E-state index is 0.433. The highest BCUT2D eigenvalue weighted by atomic mass is 15.1. The molecule has 0 spiro atoms. The van der Waals surface area contributed by atoms with Crippen molar-refractivity contribution in [2.24, 2.45) is 0 Å². The van der Waals surface area contributed by atoms with Crippen molar-refractivity contribution in [2.45, 2.75) is 52.6 Å². The maximum atomic E-state index is 3.44. The third-order valence-corrected chi connectivity index (χ3v) is 3.68. The Bertz CT molecular complexity index is 331. The van der Waals surface area contributed by atoms with E-state index in [0.29, 0.717) is 12.1 Å². The Hall–Kier alpha value is -1.02. The normalized spacial score (nSPS) is 14.3. The minimum Gasteiger partial charge on any atom is -0.372 e. The van der Waals surface area contributed by atoms with Gasteiger partial charge in [0.15, 0.2) is 0 Å². The van der Waals surface area contributed by atoms with Crippen LogP contribution in [0.15, 0.2) is 24.3 Å². The number of anilines is 1. The fraction of sp³-hybridized carbons (Fsp3) is 0.625. The maximum Gasteiger partial charge on any atom is 0.0366 e. The molecule has 2 atom stereocenters. The molecule has 18 heavy (non-hydrogen) atoms. The minimum absolute atomic E-state index is 0.433. The Labute approximate surface area is 112 Å². The van der Waals surface area contributed by atoms with Gasteiger partial charge in [-0.3, -0.25) is 0 Å². The quantitative estimate of drug-likeness (QED) is 0.785. The summed E-state index contributed by atoms with van der Waals surface area (Å²) in [5.41, 5.74) is 2.67. The molecule has 0 aliphatic carbocycles. The molecule has 0 aliphatic rings. The molecule has 0 bridgehead atoms. The molecule has 102 valence electrons. The number of nitrogens with one attached hydrogen (secondary N) is 1. The van der Waals surface area contributed by atoms with Gasteiger partial charge in [-0.2, -0.15) is 0 Å². The van der Waals surface area contributed by atoms with Crippen LogP contribution < -0.4 is 10.2 Å². The van der Waals surface area contributed by atoms with Crippen LogP contribution in [0.4, 0.5) is 5.69 Å². The molecule has 1 N–H and O–H groups in total. The lowest BCUT2D eigenvalue weighted by molar-refractivity contribution is 0.597. The molecule has 0 aromatic heterocycles. The van der Waals surface area contributed by atoms with E-state index in [9.17, 15) is 0 Å². The van der Waals surface area contributed by atoms with Crippen LogP contribution in [-0.4, -0.2) is 19.6 Å². The molecule has 1 aromatic carbocycles. The van der Waals surface area contributed by atoms with Crippen LogP contribution in [-0.2, 0) is 0 Å². The molecule has 2 heteroatoms. The van der Waals surface area contributed by atoms with Crippen molar-refractivity contribution in [1.29, 1.82) is 0 Å². The first kappa shape index (κ1) is 15.0. The van der Waals surface area contributed by atoms with E-state index in [4.69, 9.17) is 0 Å². The number of benzene rings is 1. The third kappa shape index (κ3) is 4.02. The van der Waals surface area contributed by atoms with Crippen molar-refractivity contribution in [1.82, 2.24) is 5.32 Å². The molecular weight excluding hydrogens is 220 g/mol. The van der Waals surface area contributed by atoms with Gasteiger partial charge in [-0.25, -0.2) is 0 Å². The van der Waals surface area contributed by atoms with E-state index >= 15 is 0 Å². The zero-order valence-corrected chi connectivity index (χ0v) is 12.5. The molecule has 1 rings (SSSR count). The van der Waals surface area contributed by atoms with E-state index in [1.807, 2.05) is 0 Å². The van der Waals surface area contributed by atoms with Gasteiger partial charge in [0.1, 0.15) is 0 Å². The van der Waals surface area contributed by atoms with Gasteiger partial charge in [0.25, 0.3) is 0 Å². The predicted octanol–water partition coefficient (Wildman–Crippen LogP) is 3.98. The summed E-state index contributed by atoms with van der Waals surface area (Å²) < 4.78 is 0. The molecule has 1 aromatic rings. The fourth-order valence-corrected chi connectivity index (χ4v) is 2.29. The molecule has 0 saturated carbocycles. The van der Waals surface area contributed by atoms with Crippen LogP contribution in [0, 0.1) is 0 Å². The molecule has 2 unspecified atom stereocenters. The highest BCUT2D eigenvalue weighted by Crippen LogP contribution is 2.20. The van der Waals surface area contributed by atoms with Crippen LogP contribution in [0.2, 0.25) is 0 Å². The molecule has 0 aliphatic heterocycles. The van der Waals surface area contributed by atoms with Crippen molar-refractivity contribution in [2.75, 3.05) is 18.5 Å². The highest BCUT2D eigenvalue weighted by Gasteiger charge is 2.09. The van der Waals surface area contributed by atoms with Crippen molar-refractivity contribution < 1.29 is 0 Å². The molecule has 0 heterocycles. The summed E-state index contributed by atoms with van der Waals surface area (Å²) in [6, 6.07) is 9.97. The van der Waals surface area contributed by atoms with Gasteiger partial charge in [0.05, 0.1) is 0 Å².